The van der Waals surface area contributed by atoms with E-state index in [9.17, 15) is 9.59 Å². The summed E-state index contributed by atoms with van der Waals surface area (Å²) in [7, 11) is 0. The molecule has 0 aromatic rings. The zero-order valence-corrected chi connectivity index (χ0v) is 13.1. The second-order valence-electron chi connectivity index (χ2n) is 7.85. The molecule has 1 aliphatic heterocycles. The lowest BCUT2D eigenvalue weighted by Crippen LogP contribution is -2.49. The van der Waals surface area contributed by atoms with Gasteiger partial charge < -0.3 is 4.90 Å². The molecule has 0 aromatic carbocycles. The van der Waals surface area contributed by atoms with Crippen molar-refractivity contribution in [3.8, 4) is 0 Å². The normalized spacial score (nSPS) is 40.0. The minimum atomic E-state index is -0.414. The van der Waals surface area contributed by atoms with Crippen LogP contribution in [-0.4, -0.2) is 29.7 Å². The van der Waals surface area contributed by atoms with Crippen molar-refractivity contribution < 1.29 is 9.59 Å². The van der Waals surface area contributed by atoms with Gasteiger partial charge in [-0.3, -0.25) is 9.59 Å². The zero-order valence-electron chi connectivity index (χ0n) is 13.1. The maximum Gasteiger partial charge on any atom is 0.229 e. The lowest BCUT2D eigenvalue weighted by atomic mass is 9.64. The maximum atomic E-state index is 13.2. The van der Waals surface area contributed by atoms with E-state index in [4.69, 9.17) is 0 Å². The van der Waals surface area contributed by atoms with Crippen LogP contribution in [0.3, 0.4) is 0 Å². The molecule has 0 aromatic heterocycles. The highest BCUT2D eigenvalue weighted by Crippen LogP contribution is 2.71. The Morgan fingerprint density at radius 3 is 2.05 bits per heavy atom. The summed E-state index contributed by atoms with van der Waals surface area (Å²) in [4.78, 5) is 27.7. The standard InChI is InChI=1S/C17H27NO2/c1-15(2)16(3)8-9-17(15,12-13(16)19)14(20)18-10-6-4-5-7-11-18/h4-12H2,1-3H3/t16-,17-/m0/s1. The fourth-order valence-electron chi connectivity index (χ4n) is 4.91. The van der Waals surface area contributed by atoms with Crippen molar-refractivity contribution in [2.24, 2.45) is 16.2 Å². The van der Waals surface area contributed by atoms with Gasteiger partial charge in [0, 0.05) is 24.9 Å². The van der Waals surface area contributed by atoms with Gasteiger partial charge in [-0.2, -0.15) is 0 Å². The Morgan fingerprint density at radius 1 is 1.00 bits per heavy atom. The molecule has 1 heterocycles. The van der Waals surface area contributed by atoms with Crippen LogP contribution in [0.1, 0.15) is 65.7 Å². The number of carbonyl (C=O) groups excluding carboxylic acids is 2. The van der Waals surface area contributed by atoms with Crippen LogP contribution in [0.2, 0.25) is 0 Å². The maximum absolute atomic E-state index is 13.2. The summed E-state index contributed by atoms with van der Waals surface area (Å²) in [5, 5.41) is 0. The van der Waals surface area contributed by atoms with Gasteiger partial charge in [-0.25, -0.2) is 0 Å². The van der Waals surface area contributed by atoms with Gasteiger partial charge in [-0.05, 0) is 31.1 Å². The number of carbonyl (C=O) groups is 2. The van der Waals surface area contributed by atoms with E-state index < -0.39 is 5.41 Å². The summed E-state index contributed by atoms with van der Waals surface area (Å²) in [6.45, 7) is 8.17. The summed E-state index contributed by atoms with van der Waals surface area (Å²) in [5.41, 5.74) is -0.891. The average Bonchev–Trinajstić information content (AvgIpc) is 2.68. The Morgan fingerprint density at radius 2 is 1.60 bits per heavy atom. The Bertz CT molecular complexity index is 448. The van der Waals surface area contributed by atoms with Gasteiger partial charge in [0.1, 0.15) is 5.78 Å². The highest BCUT2D eigenvalue weighted by atomic mass is 16.2. The minimum Gasteiger partial charge on any atom is -0.342 e. The van der Waals surface area contributed by atoms with Gasteiger partial charge in [-0.1, -0.05) is 33.6 Å². The summed E-state index contributed by atoms with van der Waals surface area (Å²) in [5.74, 6) is 0.593. The molecule has 2 saturated carbocycles. The van der Waals surface area contributed by atoms with Crippen LogP contribution in [0, 0.1) is 16.2 Å². The smallest absolute Gasteiger partial charge is 0.229 e. The summed E-state index contributed by atoms with van der Waals surface area (Å²) in [6, 6.07) is 0. The van der Waals surface area contributed by atoms with E-state index in [1.807, 2.05) is 0 Å². The van der Waals surface area contributed by atoms with Crippen molar-refractivity contribution in [1.82, 2.24) is 4.90 Å². The van der Waals surface area contributed by atoms with E-state index in [1.165, 1.54) is 12.8 Å². The van der Waals surface area contributed by atoms with Crippen molar-refractivity contribution in [2.45, 2.75) is 65.7 Å². The average molecular weight is 277 g/mol. The second-order valence-corrected chi connectivity index (χ2v) is 7.85. The van der Waals surface area contributed by atoms with Crippen molar-refractivity contribution in [2.75, 3.05) is 13.1 Å². The molecule has 0 N–H and O–H groups in total. The molecule has 3 fully saturated rings. The Labute approximate surface area is 122 Å². The van der Waals surface area contributed by atoms with Crippen LogP contribution in [0.4, 0.5) is 0 Å². The molecule has 3 heteroatoms. The van der Waals surface area contributed by atoms with Crippen LogP contribution >= 0.6 is 0 Å². The topological polar surface area (TPSA) is 37.4 Å². The Balaban J connectivity index is 1.92. The monoisotopic (exact) mass is 277 g/mol. The third-order valence-corrected chi connectivity index (χ3v) is 7.01. The molecule has 2 aliphatic carbocycles. The number of hydrogen-bond acceptors (Lipinski definition) is 2. The van der Waals surface area contributed by atoms with Crippen molar-refractivity contribution in [3.63, 3.8) is 0 Å². The number of fused-ring (bicyclic) bond motifs is 2. The fourth-order valence-corrected chi connectivity index (χ4v) is 4.91. The molecule has 0 spiro atoms. The predicted molar refractivity (Wildman–Crippen MR) is 78.2 cm³/mol. The molecule has 0 radical (unpaired) electrons. The molecule has 3 nitrogen and oxygen atoms in total. The van der Waals surface area contributed by atoms with E-state index >= 15 is 0 Å². The van der Waals surface area contributed by atoms with E-state index in [1.54, 1.807) is 0 Å². The van der Waals surface area contributed by atoms with Gasteiger partial charge in [-0.15, -0.1) is 0 Å². The van der Waals surface area contributed by atoms with Crippen LogP contribution in [0.5, 0.6) is 0 Å². The number of rotatable bonds is 1. The Hall–Kier alpha value is -0.860. The molecule has 1 saturated heterocycles. The molecule has 3 rings (SSSR count). The summed E-state index contributed by atoms with van der Waals surface area (Å²) >= 11 is 0. The lowest BCUT2D eigenvalue weighted by Gasteiger charge is -2.41. The third kappa shape index (κ3) is 1.52. The van der Waals surface area contributed by atoms with E-state index in [0.29, 0.717) is 12.2 Å². The highest BCUT2D eigenvalue weighted by molar-refractivity contribution is 5.99. The number of likely N-dealkylation sites (tertiary alicyclic amines) is 1. The lowest BCUT2D eigenvalue weighted by molar-refractivity contribution is -0.147. The number of hydrogen-bond donors (Lipinski definition) is 0. The number of amides is 1. The molecule has 0 unspecified atom stereocenters. The second kappa shape index (κ2) is 4.32. The quantitative estimate of drug-likeness (QED) is 0.738. The zero-order chi connectivity index (χ0) is 14.6. The molecule has 2 atom stereocenters. The Kier molecular flexibility index (Phi) is 3.04. The molecular weight excluding hydrogens is 250 g/mol. The third-order valence-electron chi connectivity index (χ3n) is 7.01. The minimum absolute atomic E-state index is 0.194. The first kappa shape index (κ1) is 14.1. The molecular formula is C17H27NO2. The SMILES string of the molecule is CC1(C)[C@@]2(C(=O)N3CCCCCC3)CC[C@@]1(C)C(=O)C2. The van der Waals surface area contributed by atoms with E-state index in [-0.39, 0.29) is 16.7 Å². The van der Waals surface area contributed by atoms with Gasteiger partial charge in [0.25, 0.3) is 0 Å². The largest absolute Gasteiger partial charge is 0.342 e. The fraction of sp³-hybridized carbons (Fsp3) is 0.882. The first-order valence-electron chi connectivity index (χ1n) is 8.18. The molecule has 112 valence electrons. The van der Waals surface area contributed by atoms with Gasteiger partial charge in [0.15, 0.2) is 0 Å². The van der Waals surface area contributed by atoms with Crippen molar-refractivity contribution in [3.05, 3.63) is 0 Å². The number of nitrogens with zero attached hydrogens (tertiary/aromatic N) is 1. The van der Waals surface area contributed by atoms with Crippen LogP contribution in [-0.2, 0) is 9.59 Å². The summed E-state index contributed by atoms with van der Waals surface area (Å²) in [6.07, 6.45) is 6.97. The number of Topliss-reactive ketones (excluding diaryl/α,β-unsaturated/α-hetero) is 1. The number of ketones is 1. The highest BCUT2D eigenvalue weighted by Gasteiger charge is 2.72. The predicted octanol–water partition coefficient (Wildman–Crippen LogP) is 3.17. The first-order valence-corrected chi connectivity index (χ1v) is 8.18. The van der Waals surface area contributed by atoms with Crippen LogP contribution in [0.25, 0.3) is 0 Å². The van der Waals surface area contributed by atoms with Gasteiger partial charge in [0.05, 0.1) is 5.41 Å². The van der Waals surface area contributed by atoms with E-state index in [2.05, 4.69) is 25.7 Å². The van der Waals surface area contributed by atoms with Crippen molar-refractivity contribution in [1.29, 1.82) is 0 Å². The molecule has 2 bridgehead atoms. The molecule has 1 amide bonds. The van der Waals surface area contributed by atoms with Gasteiger partial charge >= 0.3 is 0 Å². The molecule has 20 heavy (non-hydrogen) atoms. The van der Waals surface area contributed by atoms with E-state index in [0.717, 1.165) is 38.8 Å². The molecule has 3 aliphatic rings. The summed E-state index contributed by atoms with van der Waals surface area (Å²) < 4.78 is 0. The first-order chi connectivity index (χ1) is 9.35. The van der Waals surface area contributed by atoms with Crippen molar-refractivity contribution >= 4 is 11.7 Å². The van der Waals surface area contributed by atoms with Gasteiger partial charge in [0.2, 0.25) is 5.91 Å². The van der Waals surface area contributed by atoms with Crippen LogP contribution < -0.4 is 0 Å². The van der Waals surface area contributed by atoms with Crippen LogP contribution in [0.15, 0.2) is 0 Å².